The molecule has 3 N–H and O–H groups in total. The molecule has 0 aliphatic carbocycles. The summed E-state index contributed by atoms with van der Waals surface area (Å²) in [5, 5.41) is 2.87. The van der Waals surface area contributed by atoms with Crippen LogP contribution in [0.5, 0.6) is 5.75 Å². The van der Waals surface area contributed by atoms with Crippen LogP contribution in [0, 0.1) is 0 Å². The first-order chi connectivity index (χ1) is 15.6. The predicted molar refractivity (Wildman–Crippen MR) is 126 cm³/mol. The number of ether oxygens (including phenoxy) is 1. The summed E-state index contributed by atoms with van der Waals surface area (Å²) in [4.78, 5) is 25.8. The number of hydrogen-bond acceptors (Lipinski definition) is 7. The van der Waals surface area contributed by atoms with Crippen LogP contribution in [0.3, 0.4) is 0 Å². The summed E-state index contributed by atoms with van der Waals surface area (Å²) in [5.74, 6) is 1.25. The van der Waals surface area contributed by atoms with E-state index in [2.05, 4.69) is 37.2 Å². The van der Waals surface area contributed by atoms with E-state index in [4.69, 9.17) is 10.5 Å². The van der Waals surface area contributed by atoms with Crippen molar-refractivity contribution in [1.29, 1.82) is 0 Å². The van der Waals surface area contributed by atoms with Gasteiger partial charge in [-0.2, -0.15) is 4.98 Å². The van der Waals surface area contributed by atoms with Crippen molar-refractivity contribution < 1.29 is 9.53 Å². The number of carbonyl (C=O) groups is 1. The maximum absolute atomic E-state index is 12.6. The molecule has 3 aromatic rings. The number of nitrogens with zero attached hydrogens (tertiary/aromatic N) is 4. The summed E-state index contributed by atoms with van der Waals surface area (Å²) in [6.45, 7) is 6.27. The van der Waals surface area contributed by atoms with E-state index in [1.807, 2.05) is 49.4 Å². The van der Waals surface area contributed by atoms with Crippen molar-refractivity contribution in [2.24, 2.45) is 0 Å². The molecule has 1 aliphatic heterocycles. The zero-order valence-electron chi connectivity index (χ0n) is 18.2. The molecular weight excluding hydrogens is 404 g/mol. The highest BCUT2D eigenvalue weighted by Crippen LogP contribution is 2.19. The fourth-order valence-corrected chi connectivity index (χ4v) is 3.66. The van der Waals surface area contributed by atoms with Gasteiger partial charge in [-0.25, -0.2) is 4.98 Å². The van der Waals surface area contributed by atoms with E-state index >= 15 is 0 Å². The van der Waals surface area contributed by atoms with E-state index in [9.17, 15) is 4.79 Å². The highest BCUT2D eigenvalue weighted by Gasteiger charge is 2.21. The van der Waals surface area contributed by atoms with Crippen molar-refractivity contribution in [2.45, 2.75) is 13.5 Å². The summed E-state index contributed by atoms with van der Waals surface area (Å²) in [5.41, 5.74) is 8.57. The Balaban J connectivity index is 1.33. The van der Waals surface area contributed by atoms with Gasteiger partial charge in [0, 0.05) is 44.6 Å². The molecule has 8 heteroatoms. The number of para-hydroxylation sites is 1. The smallest absolute Gasteiger partial charge is 0.256 e. The lowest BCUT2D eigenvalue weighted by molar-refractivity contribution is 0.0951. The van der Waals surface area contributed by atoms with E-state index in [0.717, 1.165) is 37.5 Å². The molecule has 0 bridgehead atoms. The fraction of sp³-hybridized carbons (Fsp3) is 0.292. The van der Waals surface area contributed by atoms with Gasteiger partial charge in [0.15, 0.2) is 0 Å². The Morgan fingerprint density at radius 2 is 1.72 bits per heavy atom. The van der Waals surface area contributed by atoms with Gasteiger partial charge >= 0.3 is 0 Å². The number of hydrogen-bond donors (Lipinski definition) is 2. The van der Waals surface area contributed by atoms with Crippen LogP contribution in [0.2, 0.25) is 0 Å². The van der Waals surface area contributed by atoms with Crippen molar-refractivity contribution in [3.63, 3.8) is 0 Å². The molecule has 32 heavy (non-hydrogen) atoms. The molecule has 166 valence electrons. The zero-order valence-corrected chi connectivity index (χ0v) is 18.2. The van der Waals surface area contributed by atoms with Gasteiger partial charge in [-0.05, 0) is 36.8 Å². The predicted octanol–water partition coefficient (Wildman–Crippen LogP) is 2.71. The summed E-state index contributed by atoms with van der Waals surface area (Å²) >= 11 is 0. The average Bonchev–Trinajstić information content (AvgIpc) is 2.84. The van der Waals surface area contributed by atoms with E-state index in [1.165, 1.54) is 11.9 Å². The van der Waals surface area contributed by atoms with E-state index < -0.39 is 0 Å². The Morgan fingerprint density at radius 3 is 2.38 bits per heavy atom. The zero-order chi connectivity index (χ0) is 22.3. The Kier molecular flexibility index (Phi) is 6.69. The second-order valence-corrected chi connectivity index (χ2v) is 7.54. The molecular formula is C24H28N6O2. The van der Waals surface area contributed by atoms with Crippen molar-refractivity contribution >= 4 is 23.4 Å². The van der Waals surface area contributed by atoms with Gasteiger partial charge in [-0.15, -0.1) is 0 Å². The van der Waals surface area contributed by atoms with Gasteiger partial charge in [-0.1, -0.05) is 30.3 Å². The number of nitrogen functional groups attached to an aromatic ring is 1. The molecule has 1 aliphatic rings. The van der Waals surface area contributed by atoms with Crippen molar-refractivity contribution in [2.75, 3.05) is 48.3 Å². The molecule has 0 atom stereocenters. The molecule has 2 aromatic carbocycles. The number of nitrogens with two attached hydrogens (primary N) is 1. The van der Waals surface area contributed by atoms with Crippen LogP contribution >= 0.6 is 0 Å². The largest absolute Gasteiger partial charge is 0.494 e. The van der Waals surface area contributed by atoms with Gasteiger partial charge < -0.3 is 25.6 Å². The van der Waals surface area contributed by atoms with Crippen LogP contribution in [-0.4, -0.2) is 48.7 Å². The fourth-order valence-electron chi connectivity index (χ4n) is 3.66. The maximum atomic E-state index is 12.6. The molecule has 1 amide bonds. The first-order valence-corrected chi connectivity index (χ1v) is 10.8. The van der Waals surface area contributed by atoms with Crippen LogP contribution in [0.25, 0.3) is 0 Å². The minimum Gasteiger partial charge on any atom is -0.494 e. The third-order valence-electron chi connectivity index (χ3n) is 5.42. The molecule has 0 saturated carbocycles. The van der Waals surface area contributed by atoms with E-state index in [0.29, 0.717) is 19.1 Å². The standard InChI is InChI=1S/C24H28N6O2/c1-2-32-20-10-8-18(9-11-20)16-26-23(31)21-17-27-24(28-22(21)25)30-14-12-29(13-15-30)19-6-4-3-5-7-19/h3-11,17H,2,12-16H2,1H3,(H,26,31)(H2,25,27,28). The molecule has 0 radical (unpaired) electrons. The SMILES string of the molecule is CCOc1ccc(CNC(=O)c2cnc(N3CCN(c4ccccc4)CC3)nc2N)cc1. The number of aromatic nitrogens is 2. The van der Waals surface area contributed by atoms with Crippen LogP contribution in [-0.2, 0) is 6.54 Å². The van der Waals surface area contributed by atoms with Gasteiger partial charge in [0.1, 0.15) is 11.6 Å². The highest BCUT2D eigenvalue weighted by atomic mass is 16.5. The van der Waals surface area contributed by atoms with Crippen LogP contribution in [0.15, 0.2) is 60.8 Å². The lowest BCUT2D eigenvalue weighted by Gasteiger charge is -2.36. The maximum Gasteiger partial charge on any atom is 0.256 e. The molecule has 1 fully saturated rings. The Hall–Kier alpha value is -3.81. The lowest BCUT2D eigenvalue weighted by Crippen LogP contribution is -2.47. The Labute approximate surface area is 188 Å². The summed E-state index contributed by atoms with van der Waals surface area (Å²) in [7, 11) is 0. The van der Waals surface area contributed by atoms with Crippen LogP contribution in [0.4, 0.5) is 17.5 Å². The molecule has 0 spiro atoms. The van der Waals surface area contributed by atoms with Crippen LogP contribution in [0.1, 0.15) is 22.8 Å². The number of rotatable bonds is 7. The second-order valence-electron chi connectivity index (χ2n) is 7.54. The van der Waals surface area contributed by atoms with Gasteiger partial charge in [0.2, 0.25) is 5.95 Å². The minimum absolute atomic E-state index is 0.185. The van der Waals surface area contributed by atoms with E-state index in [1.54, 1.807) is 0 Å². The molecule has 4 rings (SSSR count). The topological polar surface area (TPSA) is 96.6 Å². The van der Waals surface area contributed by atoms with Crippen molar-refractivity contribution in [1.82, 2.24) is 15.3 Å². The normalized spacial score (nSPS) is 13.7. The van der Waals surface area contributed by atoms with Crippen molar-refractivity contribution in [3.05, 3.63) is 71.9 Å². The van der Waals surface area contributed by atoms with E-state index in [-0.39, 0.29) is 17.3 Å². The number of piperazine rings is 1. The number of nitrogens with one attached hydrogen (secondary N) is 1. The molecule has 0 unspecified atom stereocenters. The molecule has 1 saturated heterocycles. The van der Waals surface area contributed by atoms with Gasteiger partial charge in [0.25, 0.3) is 5.91 Å². The third kappa shape index (κ3) is 5.08. The highest BCUT2D eigenvalue weighted by molar-refractivity contribution is 5.98. The second kappa shape index (κ2) is 10.00. The quantitative estimate of drug-likeness (QED) is 0.592. The van der Waals surface area contributed by atoms with Crippen molar-refractivity contribution in [3.8, 4) is 5.75 Å². The average molecular weight is 433 g/mol. The van der Waals surface area contributed by atoms with Gasteiger partial charge in [0.05, 0.1) is 12.2 Å². The number of amides is 1. The van der Waals surface area contributed by atoms with Crippen LogP contribution < -0.4 is 25.6 Å². The first-order valence-electron chi connectivity index (χ1n) is 10.8. The number of anilines is 3. The molecule has 1 aromatic heterocycles. The third-order valence-corrected chi connectivity index (χ3v) is 5.42. The molecule has 2 heterocycles. The number of carbonyl (C=O) groups excluding carboxylic acids is 1. The first kappa shape index (κ1) is 21.4. The summed E-state index contributed by atoms with van der Waals surface area (Å²) in [6, 6.07) is 18.0. The lowest BCUT2D eigenvalue weighted by atomic mass is 10.2. The summed E-state index contributed by atoms with van der Waals surface area (Å²) in [6.07, 6.45) is 1.51. The monoisotopic (exact) mass is 432 g/mol. The van der Waals surface area contributed by atoms with Gasteiger partial charge in [-0.3, -0.25) is 4.79 Å². The minimum atomic E-state index is -0.295. The number of benzene rings is 2. The Bertz CT molecular complexity index is 1030. The molecule has 8 nitrogen and oxygen atoms in total. The summed E-state index contributed by atoms with van der Waals surface area (Å²) < 4.78 is 5.43. The Morgan fingerprint density at radius 1 is 1.03 bits per heavy atom.